The van der Waals surface area contributed by atoms with E-state index in [4.69, 9.17) is 0 Å². The van der Waals surface area contributed by atoms with Crippen LogP contribution in [0, 0.1) is 0 Å². The number of anilines is 1. The molecule has 2 amide bonds. The van der Waals surface area contributed by atoms with E-state index in [1.807, 2.05) is 16.2 Å². The number of piperazine rings is 1. The van der Waals surface area contributed by atoms with Crippen molar-refractivity contribution >= 4 is 38.9 Å². The van der Waals surface area contributed by atoms with E-state index < -0.39 is 15.9 Å². The monoisotopic (exact) mass is 486 g/mol. The molecule has 1 saturated heterocycles. The first kappa shape index (κ1) is 22.7. The Morgan fingerprint density at radius 1 is 1.03 bits per heavy atom. The van der Waals surface area contributed by atoms with E-state index in [0.717, 1.165) is 23.1 Å². The molecule has 1 aromatic carbocycles. The predicted octanol–water partition coefficient (Wildman–Crippen LogP) is 2.17. The number of hydrogen-bond acceptors (Lipinski definition) is 8. The molecule has 0 aliphatic carbocycles. The Balaban J connectivity index is 1.36. The highest BCUT2D eigenvalue weighted by Gasteiger charge is 2.24. The number of nitrogens with one attached hydrogen (secondary N) is 1. The molecule has 1 aliphatic heterocycles. The average Bonchev–Trinajstić information content (AvgIpc) is 3.28. The van der Waals surface area contributed by atoms with Gasteiger partial charge in [0.2, 0.25) is 10.0 Å². The van der Waals surface area contributed by atoms with E-state index in [-0.39, 0.29) is 17.2 Å². The Morgan fingerprint density at radius 2 is 1.73 bits per heavy atom. The molecule has 0 bridgehead atoms. The molecule has 0 atom stereocenters. The van der Waals surface area contributed by atoms with Crippen LogP contribution >= 0.6 is 11.3 Å². The Kier molecular flexibility index (Phi) is 6.34. The van der Waals surface area contributed by atoms with Crippen LogP contribution in [0.3, 0.4) is 0 Å². The lowest BCUT2D eigenvalue weighted by molar-refractivity contribution is 0.0751. The van der Waals surface area contributed by atoms with Crippen LogP contribution in [-0.2, 0) is 10.0 Å². The molecule has 0 unspecified atom stereocenters. The van der Waals surface area contributed by atoms with Crippen LogP contribution in [0.2, 0.25) is 0 Å². The third-order valence-electron chi connectivity index (χ3n) is 5.21. The maximum atomic E-state index is 12.9. The Hall–Kier alpha value is -3.44. The summed E-state index contributed by atoms with van der Waals surface area (Å²) in [6.45, 7) is 2.37. The Bertz CT molecular complexity index is 1280. The molecule has 0 saturated carbocycles. The van der Waals surface area contributed by atoms with Gasteiger partial charge in [0.25, 0.3) is 11.8 Å². The summed E-state index contributed by atoms with van der Waals surface area (Å²) >= 11 is 1.36. The second-order valence-electron chi connectivity index (χ2n) is 7.66. The minimum atomic E-state index is -3.62. The Labute approximate surface area is 195 Å². The third-order valence-corrected chi connectivity index (χ3v) is 6.68. The minimum absolute atomic E-state index is 0.0354. The number of hydrogen-bond donors (Lipinski definition) is 2. The fraction of sp³-hybridized carbons (Fsp3) is 0.227. The van der Waals surface area contributed by atoms with Crippen molar-refractivity contribution in [2.24, 2.45) is 0 Å². The lowest BCUT2D eigenvalue weighted by Gasteiger charge is -2.36. The summed E-state index contributed by atoms with van der Waals surface area (Å²) in [7, 11) is -3.62. The first-order valence-electron chi connectivity index (χ1n) is 10.1. The minimum Gasteiger partial charge on any atom is -0.506 e. The number of aromatic hydroxyl groups is 1. The van der Waals surface area contributed by atoms with Gasteiger partial charge in [-0.15, -0.1) is 11.3 Å². The summed E-state index contributed by atoms with van der Waals surface area (Å²) in [6.07, 6.45) is 3.94. The predicted molar refractivity (Wildman–Crippen MR) is 126 cm³/mol. The molecule has 11 heteroatoms. The van der Waals surface area contributed by atoms with E-state index in [1.165, 1.54) is 17.5 Å². The zero-order chi connectivity index (χ0) is 23.6. The van der Waals surface area contributed by atoms with Gasteiger partial charge in [-0.25, -0.2) is 13.1 Å². The van der Waals surface area contributed by atoms with Gasteiger partial charge in [0.15, 0.2) is 0 Å². The van der Waals surface area contributed by atoms with Crippen molar-refractivity contribution < 1.29 is 23.1 Å². The SMILES string of the molecule is CS(=O)(=O)NC(=O)c1ccc(N2CCN(C(=O)c3cc(-c4cncc(O)c4)cs3)CC2)cc1. The van der Waals surface area contributed by atoms with Crippen molar-refractivity contribution in [2.75, 3.05) is 37.3 Å². The molecule has 1 aliphatic rings. The second-order valence-corrected chi connectivity index (χ2v) is 10.3. The summed E-state index contributed by atoms with van der Waals surface area (Å²) < 4.78 is 24.4. The topological polar surface area (TPSA) is 120 Å². The lowest BCUT2D eigenvalue weighted by atomic mass is 10.1. The number of carbonyl (C=O) groups is 2. The van der Waals surface area contributed by atoms with Crippen LogP contribution in [0.15, 0.2) is 54.2 Å². The van der Waals surface area contributed by atoms with Gasteiger partial charge in [0.1, 0.15) is 5.75 Å². The van der Waals surface area contributed by atoms with Gasteiger partial charge in [-0.3, -0.25) is 14.6 Å². The number of aromatic nitrogens is 1. The molecule has 33 heavy (non-hydrogen) atoms. The van der Waals surface area contributed by atoms with Crippen LogP contribution in [0.1, 0.15) is 20.0 Å². The van der Waals surface area contributed by atoms with Crippen molar-refractivity contribution in [3.63, 3.8) is 0 Å². The third kappa shape index (κ3) is 5.49. The maximum absolute atomic E-state index is 12.9. The fourth-order valence-electron chi connectivity index (χ4n) is 3.56. The standard InChI is InChI=1S/C22H22N4O5S2/c1-33(30,31)24-21(28)15-2-4-18(5-3-15)25-6-8-26(9-7-25)22(29)20-11-17(14-32-20)16-10-19(27)13-23-12-16/h2-5,10-14,27H,6-9H2,1H3,(H,24,28). The van der Waals surface area contributed by atoms with E-state index in [2.05, 4.69) is 9.88 Å². The van der Waals surface area contributed by atoms with Crippen LogP contribution in [0.5, 0.6) is 5.75 Å². The molecule has 172 valence electrons. The first-order valence-corrected chi connectivity index (χ1v) is 12.9. The van der Waals surface area contributed by atoms with Crippen molar-refractivity contribution in [3.05, 3.63) is 64.6 Å². The molecule has 1 fully saturated rings. The lowest BCUT2D eigenvalue weighted by Crippen LogP contribution is -2.48. The Morgan fingerprint density at radius 3 is 2.36 bits per heavy atom. The fourth-order valence-corrected chi connectivity index (χ4v) is 4.90. The van der Waals surface area contributed by atoms with Crippen LogP contribution in [0.25, 0.3) is 11.1 Å². The number of rotatable bonds is 5. The number of thiophene rings is 1. The largest absolute Gasteiger partial charge is 0.506 e. The van der Waals surface area contributed by atoms with Gasteiger partial charge in [-0.05, 0) is 47.3 Å². The number of nitrogens with zero attached hydrogens (tertiary/aromatic N) is 3. The van der Waals surface area contributed by atoms with Gasteiger partial charge >= 0.3 is 0 Å². The zero-order valence-electron chi connectivity index (χ0n) is 17.8. The highest BCUT2D eigenvalue weighted by Crippen LogP contribution is 2.28. The molecule has 3 aromatic rings. The van der Waals surface area contributed by atoms with E-state index in [9.17, 15) is 23.1 Å². The zero-order valence-corrected chi connectivity index (χ0v) is 19.4. The summed E-state index contributed by atoms with van der Waals surface area (Å²) in [4.78, 5) is 33.4. The highest BCUT2D eigenvalue weighted by atomic mass is 32.2. The summed E-state index contributed by atoms with van der Waals surface area (Å²) in [5, 5.41) is 11.5. The molecular weight excluding hydrogens is 464 g/mol. The number of carbonyl (C=O) groups excluding carboxylic acids is 2. The van der Waals surface area contributed by atoms with Gasteiger partial charge < -0.3 is 14.9 Å². The van der Waals surface area contributed by atoms with Crippen molar-refractivity contribution in [1.29, 1.82) is 0 Å². The molecule has 9 nitrogen and oxygen atoms in total. The summed E-state index contributed by atoms with van der Waals surface area (Å²) in [6, 6.07) is 10.1. The van der Waals surface area contributed by atoms with Crippen molar-refractivity contribution in [2.45, 2.75) is 0 Å². The highest BCUT2D eigenvalue weighted by molar-refractivity contribution is 7.89. The van der Waals surface area contributed by atoms with Crippen molar-refractivity contribution in [3.8, 4) is 16.9 Å². The molecule has 2 N–H and O–H groups in total. The summed E-state index contributed by atoms with van der Waals surface area (Å²) in [5.74, 6) is -0.630. The van der Waals surface area contributed by atoms with Gasteiger partial charge in [-0.1, -0.05) is 0 Å². The number of sulfonamides is 1. The van der Waals surface area contributed by atoms with Gasteiger partial charge in [0.05, 0.1) is 17.3 Å². The molecule has 2 aromatic heterocycles. The van der Waals surface area contributed by atoms with Crippen LogP contribution < -0.4 is 9.62 Å². The number of amides is 2. The molecule has 3 heterocycles. The molecule has 0 radical (unpaired) electrons. The average molecular weight is 487 g/mol. The quantitative estimate of drug-likeness (QED) is 0.567. The van der Waals surface area contributed by atoms with E-state index in [0.29, 0.717) is 31.1 Å². The smallest absolute Gasteiger partial charge is 0.264 e. The van der Waals surface area contributed by atoms with Crippen LogP contribution in [-0.4, -0.2) is 67.7 Å². The number of pyridine rings is 1. The second kappa shape index (κ2) is 9.20. The normalized spacial score (nSPS) is 14.2. The molecular formula is C22H22N4O5S2. The van der Waals surface area contributed by atoms with Crippen molar-refractivity contribution in [1.82, 2.24) is 14.6 Å². The first-order chi connectivity index (χ1) is 15.7. The maximum Gasteiger partial charge on any atom is 0.264 e. The molecule has 4 rings (SSSR count). The van der Waals surface area contributed by atoms with E-state index >= 15 is 0 Å². The number of benzene rings is 1. The molecule has 0 spiro atoms. The van der Waals surface area contributed by atoms with Gasteiger partial charge in [-0.2, -0.15) is 0 Å². The van der Waals surface area contributed by atoms with E-state index in [1.54, 1.807) is 41.4 Å². The van der Waals surface area contributed by atoms with Gasteiger partial charge in [0, 0.05) is 49.2 Å². The van der Waals surface area contributed by atoms with Crippen LogP contribution in [0.4, 0.5) is 5.69 Å². The summed E-state index contributed by atoms with van der Waals surface area (Å²) in [5.41, 5.74) is 2.75.